The number of Topliss-reactive ketones (excluding diaryl/α,β-unsaturated/α-hetero) is 1. The predicted octanol–water partition coefficient (Wildman–Crippen LogP) is 2.08. The number of ketones is 1. The zero-order valence-electron chi connectivity index (χ0n) is 8.72. The summed E-state index contributed by atoms with van der Waals surface area (Å²) in [5, 5.41) is 2.75. The Morgan fingerprint density at radius 2 is 2.25 bits per heavy atom. The molecule has 2 aromatic rings. The van der Waals surface area contributed by atoms with E-state index in [2.05, 4.69) is 4.98 Å². The molecule has 0 atom stereocenters. The van der Waals surface area contributed by atoms with Gasteiger partial charge in [-0.3, -0.25) is 4.79 Å². The number of hydrogen-bond acceptors (Lipinski definition) is 4. The Hall–Kier alpha value is -1.68. The first-order chi connectivity index (χ1) is 7.74. The average molecular weight is 232 g/mol. The highest BCUT2D eigenvalue weighted by Crippen LogP contribution is 2.10. The van der Waals surface area contributed by atoms with Gasteiger partial charge in [-0.1, -0.05) is 12.1 Å². The number of rotatable bonds is 4. The summed E-state index contributed by atoms with van der Waals surface area (Å²) in [6.07, 6.45) is 2.55. The minimum Gasteiger partial charge on any atom is -0.399 e. The van der Waals surface area contributed by atoms with Crippen molar-refractivity contribution < 1.29 is 4.79 Å². The molecule has 0 spiro atoms. The van der Waals surface area contributed by atoms with E-state index < -0.39 is 0 Å². The van der Waals surface area contributed by atoms with Gasteiger partial charge in [-0.15, -0.1) is 11.3 Å². The van der Waals surface area contributed by atoms with Gasteiger partial charge in [0.25, 0.3) is 0 Å². The molecule has 1 aromatic heterocycles. The summed E-state index contributed by atoms with van der Waals surface area (Å²) in [4.78, 5) is 15.8. The predicted molar refractivity (Wildman–Crippen MR) is 65.4 cm³/mol. The Morgan fingerprint density at radius 1 is 1.38 bits per heavy atom. The fourth-order valence-corrected chi connectivity index (χ4v) is 2.15. The second-order valence-electron chi connectivity index (χ2n) is 3.56. The summed E-state index contributed by atoms with van der Waals surface area (Å²) in [5.41, 5.74) is 7.30. The normalized spacial score (nSPS) is 10.2. The van der Waals surface area contributed by atoms with Gasteiger partial charge in [0.05, 0.1) is 11.4 Å². The lowest BCUT2D eigenvalue weighted by Gasteiger charge is -2.00. The maximum Gasteiger partial charge on any atom is 0.144 e. The van der Waals surface area contributed by atoms with E-state index in [0.717, 1.165) is 10.6 Å². The standard InChI is InChI=1S/C12H12N2OS/c13-10-3-1-2-9(6-10)7-11(15)8-12-14-4-5-16-12/h1-6H,7-8,13H2. The van der Waals surface area contributed by atoms with Crippen LogP contribution < -0.4 is 5.73 Å². The molecule has 1 aromatic carbocycles. The van der Waals surface area contributed by atoms with Crippen molar-refractivity contribution in [3.63, 3.8) is 0 Å². The summed E-state index contributed by atoms with van der Waals surface area (Å²) >= 11 is 1.51. The van der Waals surface area contributed by atoms with Crippen LogP contribution in [-0.4, -0.2) is 10.8 Å². The van der Waals surface area contributed by atoms with Gasteiger partial charge in [0.2, 0.25) is 0 Å². The lowest BCUT2D eigenvalue weighted by atomic mass is 10.1. The van der Waals surface area contributed by atoms with Crippen LogP contribution in [0.1, 0.15) is 10.6 Å². The molecule has 4 heteroatoms. The smallest absolute Gasteiger partial charge is 0.144 e. The molecule has 0 bridgehead atoms. The van der Waals surface area contributed by atoms with Crippen molar-refractivity contribution in [2.75, 3.05) is 5.73 Å². The summed E-state index contributed by atoms with van der Waals surface area (Å²) in [6.45, 7) is 0. The van der Waals surface area contributed by atoms with Crippen LogP contribution in [0.3, 0.4) is 0 Å². The van der Waals surface area contributed by atoms with Crippen LogP contribution in [0.2, 0.25) is 0 Å². The number of aromatic nitrogens is 1. The summed E-state index contributed by atoms with van der Waals surface area (Å²) < 4.78 is 0. The van der Waals surface area contributed by atoms with E-state index in [0.29, 0.717) is 18.5 Å². The van der Waals surface area contributed by atoms with Crippen LogP contribution in [0, 0.1) is 0 Å². The van der Waals surface area contributed by atoms with E-state index in [1.165, 1.54) is 11.3 Å². The molecule has 0 fully saturated rings. The quantitative estimate of drug-likeness (QED) is 0.821. The zero-order chi connectivity index (χ0) is 11.4. The molecule has 0 amide bonds. The fraction of sp³-hybridized carbons (Fsp3) is 0.167. The van der Waals surface area contributed by atoms with E-state index in [1.807, 2.05) is 29.6 Å². The van der Waals surface area contributed by atoms with Crippen LogP contribution in [0.25, 0.3) is 0 Å². The third-order valence-corrected chi connectivity index (χ3v) is 2.96. The molecular formula is C12H12N2OS. The monoisotopic (exact) mass is 232 g/mol. The van der Waals surface area contributed by atoms with Crippen LogP contribution in [-0.2, 0) is 17.6 Å². The molecule has 82 valence electrons. The van der Waals surface area contributed by atoms with Gasteiger partial charge in [-0.05, 0) is 17.7 Å². The number of nitrogen functional groups attached to an aromatic ring is 1. The SMILES string of the molecule is Nc1cccc(CC(=O)Cc2nccs2)c1. The minimum atomic E-state index is 0.167. The summed E-state index contributed by atoms with van der Waals surface area (Å²) in [5.74, 6) is 0.167. The third-order valence-electron chi connectivity index (χ3n) is 2.18. The molecule has 2 rings (SSSR count). The van der Waals surface area contributed by atoms with Crippen molar-refractivity contribution >= 4 is 22.8 Å². The van der Waals surface area contributed by atoms with Gasteiger partial charge < -0.3 is 5.73 Å². The fourth-order valence-electron chi connectivity index (χ4n) is 1.50. The number of benzene rings is 1. The zero-order valence-corrected chi connectivity index (χ0v) is 9.54. The topological polar surface area (TPSA) is 56.0 Å². The van der Waals surface area contributed by atoms with Crippen LogP contribution in [0.5, 0.6) is 0 Å². The first-order valence-corrected chi connectivity index (χ1v) is 5.86. The third kappa shape index (κ3) is 2.90. The molecule has 3 nitrogen and oxygen atoms in total. The number of nitrogens with zero attached hydrogens (tertiary/aromatic N) is 1. The number of thiazole rings is 1. The Kier molecular flexibility index (Phi) is 3.31. The van der Waals surface area contributed by atoms with Gasteiger partial charge in [0.15, 0.2) is 0 Å². The first-order valence-electron chi connectivity index (χ1n) is 4.98. The largest absolute Gasteiger partial charge is 0.399 e. The van der Waals surface area contributed by atoms with Crippen molar-refractivity contribution in [2.45, 2.75) is 12.8 Å². The van der Waals surface area contributed by atoms with Crippen molar-refractivity contribution in [2.24, 2.45) is 0 Å². The molecule has 0 saturated carbocycles. The van der Waals surface area contributed by atoms with E-state index in [9.17, 15) is 4.79 Å². The van der Waals surface area contributed by atoms with Gasteiger partial charge in [0, 0.05) is 23.7 Å². The number of nitrogens with two attached hydrogens (primary N) is 1. The number of carbonyl (C=O) groups excluding carboxylic acids is 1. The molecule has 16 heavy (non-hydrogen) atoms. The number of hydrogen-bond donors (Lipinski definition) is 1. The van der Waals surface area contributed by atoms with E-state index in [4.69, 9.17) is 5.73 Å². The minimum absolute atomic E-state index is 0.167. The van der Waals surface area contributed by atoms with Gasteiger partial charge in [-0.2, -0.15) is 0 Å². The molecule has 0 aliphatic carbocycles. The molecule has 0 saturated heterocycles. The highest BCUT2D eigenvalue weighted by Gasteiger charge is 2.06. The van der Waals surface area contributed by atoms with Gasteiger partial charge in [0.1, 0.15) is 5.78 Å². The van der Waals surface area contributed by atoms with Gasteiger partial charge >= 0.3 is 0 Å². The molecular weight excluding hydrogens is 220 g/mol. The van der Waals surface area contributed by atoms with Crippen LogP contribution in [0.15, 0.2) is 35.8 Å². The lowest BCUT2D eigenvalue weighted by Crippen LogP contribution is -2.06. The lowest BCUT2D eigenvalue weighted by molar-refractivity contribution is -0.117. The highest BCUT2D eigenvalue weighted by atomic mass is 32.1. The molecule has 1 heterocycles. The molecule has 0 aliphatic rings. The maximum atomic E-state index is 11.7. The van der Waals surface area contributed by atoms with Crippen molar-refractivity contribution in [1.82, 2.24) is 4.98 Å². The summed E-state index contributed by atoms with van der Waals surface area (Å²) in [7, 11) is 0. The summed E-state index contributed by atoms with van der Waals surface area (Å²) in [6, 6.07) is 7.42. The Morgan fingerprint density at radius 3 is 2.94 bits per heavy atom. The molecule has 2 N–H and O–H groups in total. The number of carbonyl (C=O) groups is 1. The van der Waals surface area contributed by atoms with E-state index in [-0.39, 0.29) is 5.78 Å². The second-order valence-corrected chi connectivity index (χ2v) is 4.54. The van der Waals surface area contributed by atoms with E-state index in [1.54, 1.807) is 6.20 Å². The highest BCUT2D eigenvalue weighted by molar-refractivity contribution is 7.09. The van der Waals surface area contributed by atoms with Gasteiger partial charge in [-0.25, -0.2) is 4.98 Å². The first kappa shape index (κ1) is 10.8. The van der Waals surface area contributed by atoms with Crippen LogP contribution >= 0.6 is 11.3 Å². The Bertz CT molecular complexity index is 480. The maximum absolute atomic E-state index is 11.7. The molecule has 0 unspecified atom stereocenters. The van der Waals surface area contributed by atoms with E-state index >= 15 is 0 Å². The second kappa shape index (κ2) is 4.90. The van der Waals surface area contributed by atoms with Crippen LogP contribution in [0.4, 0.5) is 5.69 Å². The molecule has 0 radical (unpaired) electrons. The Balaban J connectivity index is 1.97. The molecule has 0 aliphatic heterocycles. The number of anilines is 1. The van der Waals surface area contributed by atoms with Crippen molar-refractivity contribution in [3.05, 3.63) is 46.4 Å². The average Bonchev–Trinajstić information content (AvgIpc) is 2.70. The van der Waals surface area contributed by atoms with Crippen molar-refractivity contribution in [3.8, 4) is 0 Å². The Labute approximate surface area is 97.9 Å². The van der Waals surface area contributed by atoms with Crippen molar-refractivity contribution in [1.29, 1.82) is 0 Å².